The molecule has 4 N–H and O–H groups in total. The third-order valence-corrected chi connectivity index (χ3v) is 4.06. The maximum absolute atomic E-state index is 12.2. The average molecular weight is 268 g/mol. The third kappa shape index (κ3) is 4.38. The minimum Gasteiger partial charge on any atom is -0.352 e. The van der Waals surface area contributed by atoms with Crippen LogP contribution in [0.5, 0.6) is 0 Å². The maximum Gasteiger partial charge on any atom is 0.312 e. The smallest absolute Gasteiger partial charge is 0.312 e. The van der Waals surface area contributed by atoms with Crippen LogP contribution in [0, 0.1) is 11.8 Å². The highest BCUT2D eigenvalue weighted by molar-refractivity contribution is 5.76. The van der Waals surface area contributed by atoms with Crippen LogP contribution >= 0.6 is 0 Å². The van der Waals surface area contributed by atoms with Crippen molar-refractivity contribution in [3.8, 4) is 0 Å². The van der Waals surface area contributed by atoms with Crippen LogP contribution in [0.1, 0.15) is 25.7 Å². The van der Waals surface area contributed by atoms with Crippen LogP contribution in [0.2, 0.25) is 0 Å². The van der Waals surface area contributed by atoms with E-state index < -0.39 is 6.03 Å². The molecule has 0 radical (unpaired) electrons. The number of nitrogens with two attached hydrogens (primary N) is 1. The van der Waals surface area contributed by atoms with Crippen molar-refractivity contribution in [2.75, 3.05) is 32.7 Å². The van der Waals surface area contributed by atoms with E-state index in [0.717, 1.165) is 45.4 Å². The SMILES string of the molecule is NC(=O)NCC1CCCN(C(=O)CC2CCNC2)C1. The zero-order valence-electron chi connectivity index (χ0n) is 11.4. The molecule has 2 unspecified atom stereocenters. The number of carbonyl (C=O) groups excluding carboxylic acids is 2. The fourth-order valence-corrected chi connectivity index (χ4v) is 2.97. The fraction of sp³-hybridized carbons (Fsp3) is 0.846. The van der Waals surface area contributed by atoms with Crippen LogP contribution in [0.4, 0.5) is 4.79 Å². The molecule has 3 amide bonds. The van der Waals surface area contributed by atoms with E-state index in [4.69, 9.17) is 5.73 Å². The van der Waals surface area contributed by atoms with E-state index in [-0.39, 0.29) is 5.91 Å². The van der Waals surface area contributed by atoms with Gasteiger partial charge in [0.2, 0.25) is 5.91 Å². The van der Waals surface area contributed by atoms with Crippen molar-refractivity contribution in [2.24, 2.45) is 17.6 Å². The number of primary amides is 1. The second kappa shape index (κ2) is 6.75. The largest absolute Gasteiger partial charge is 0.352 e. The Morgan fingerprint density at radius 1 is 1.32 bits per heavy atom. The van der Waals surface area contributed by atoms with Gasteiger partial charge in [0.15, 0.2) is 0 Å². The van der Waals surface area contributed by atoms with Gasteiger partial charge in [-0.3, -0.25) is 4.79 Å². The van der Waals surface area contributed by atoms with Crippen LogP contribution in [-0.4, -0.2) is 49.6 Å². The van der Waals surface area contributed by atoms with Crippen molar-refractivity contribution in [1.82, 2.24) is 15.5 Å². The molecule has 19 heavy (non-hydrogen) atoms. The molecule has 0 aliphatic carbocycles. The molecule has 0 aromatic rings. The van der Waals surface area contributed by atoms with Crippen LogP contribution in [0.3, 0.4) is 0 Å². The number of urea groups is 1. The van der Waals surface area contributed by atoms with Crippen molar-refractivity contribution >= 4 is 11.9 Å². The number of hydrogen-bond acceptors (Lipinski definition) is 3. The van der Waals surface area contributed by atoms with E-state index in [2.05, 4.69) is 10.6 Å². The normalized spacial score (nSPS) is 27.3. The predicted octanol–water partition coefficient (Wildman–Crippen LogP) is -0.107. The third-order valence-electron chi connectivity index (χ3n) is 4.06. The summed E-state index contributed by atoms with van der Waals surface area (Å²) in [5, 5.41) is 5.93. The number of likely N-dealkylation sites (tertiary alicyclic amines) is 1. The zero-order chi connectivity index (χ0) is 13.7. The lowest BCUT2D eigenvalue weighted by Crippen LogP contribution is -2.45. The Hall–Kier alpha value is -1.30. The summed E-state index contributed by atoms with van der Waals surface area (Å²) in [5.74, 6) is 1.10. The summed E-state index contributed by atoms with van der Waals surface area (Å²) in [7, 11) is 0. The number of nitrogens with one attached hydrogen (secondary N) is 2. The van der Waals surface area contributed by atoms with E-state index in [0.29, 0.717) is 24.8 Å². The molecule has 2 atom stereocenters. The number of nitrogens with zero attached hydrogens (tertiary/aromatic N) is 1. The van der Waals surface area contributed by atoms with E-state index in [1.54, 1.807) is 0 Å². The quantitative estimate of drug-likeness (QED) is 0.665. The second-order valence-electron chi connectivity index (χ2n) is 5.66. The van der Waals surface area contributed by atoms with Crippen LogP contribution in [0.25, 0.3) is 0 Å². The monoisotopic (exact) mass is 268 g/mol. The van der Waals surface area contributed by atoms with Gasteiger partial charge in [-0.2, -0.15) is 0 Å². The molecule has 6 heteroatoms. The molecule has 0 aromatic heterocycles. The first-order valence-corrected chi connectivity index (χ1v) is 7.17. The van der Waals surface area contributed by atoms with E-state index in [1.807, 2.05) is 4.90 Å². The van der Waals surface area contributed by atoms with Gasteiger partial charge in [-0.1, -0.05) is 0 Å². The molecule has 0 bridgehead atoms. The lowest BCUT2D eigenvalue weighted by molar-refractivity contribution is -0.133. The van der Waals surface area contributed by atoms with E-state index in [1.165, 1.54) is 0 Å². The first-order chi connectivity index (χ1) is 9.15. The second-order valence-corrected chi connectivity index (χ2v) is 5.66. The summed E-state index contributed by atoms with van der Waals surface area (Å²) in [6.45, 7) is 4.17. The fourth-order valence-electron chi connectivity index (χ4n) is 2.97. The average Bonchev–Trinajstić information content (AvgIpc) is 2.89. The molecular formula is C13H24N4O2. The lowest BCUT2D eigenvalue weighted by Gasteiger charge is -2.33. The molecule has 2 aliphatic rings. The molecule has 2 fully saturated rings. The molecular weight excluding hydrogens is 244 g/mol. The van der Waals surface area contributed by atoms with Crippen LogP contribution in [-0.2, 0) is 4.79 Å². The van der Waals surface area contributed by atoms with Gasteiger partial charge < -0.3 is 21.3 Å². The zero-order valence-corrected chi connectivity index (χ0v) is 11.4. The van der Waals surface area contributed by atoms with Gasteiger partial charge in [-0.15, -0.1) is 0 Å². The Bertz CT molecular complexity index is 329. The number of rotatable bonds is 4. The summed E-state index contributed by atoms with van der Waals surface area (Å²) < 4.78 is 0. The van der Waals surface area contributed by atoms with E-state index >= 15 is 0 Å². The molecule has 108 valence electrons. The van der Waals surface area contributed by atoms with Gasteiger partial charge in [-0.25, -0.2) is 4.79 Å². The van der Waals surface area contributed by atoms with Gasteiger partial charge >= 0.3 is 6.03 Å². The molecule has 2 rings (SSSR count). The Morgan fingerprint density at radius 3 is 2.84 bits per heavy atom. The van der Waals surface area contributed by atoms with Crippen molar-refractivity contribution in [3.05, 3.63) is 0 Å². The maximum atomic E-state index is 12.2. The molecule has 2 aliphatic heterocycles. The molecule has 0 spiro atoms. The molecule has 0 aromatic carbocycles. The number of hydrogen-bond donors (Lipinski definition) is 3. The molecule has 0 saturated carbocycles. The summed E-state index contributed by atoms with van der Waals surface area (Å²) in [5.41, 5.74) is 5.08. The Labute approximate surface area is 114 Å². The minimum atomic E-state index is -0.486. The number of piperidine rings is 1. The van der Waals surface area contributed by atoms with Crippen molar-refractivity contribution < 1.29 is 9.59 Å². The predicted molar refractivity (Wildman–Crippen MR) is 72.5 cm³/mol. The highest BCUT2D eigenvalue weighted by Gasteiger charge is 2.26. The lowest BCUT2D eigenvalue weighted by atomic mass is 9.96. The molecule has 2 heterocycles. The molecule has 2 saturated heterocycles. The standard InChI is InChI=1S/C13H24N4O2/c14-13(19)16-8-11-2-1-5-17(9-11)12(18)6-10-3-4-15-7-10/h10-11,15H,1-9H2,(H3,14,16,19). The number of carbonyl (C=O) groups is 2. The summed E-state index contributed by atoms with van der Waals surface area (Å²) >= 11 is 0. The van der Waals surface area contributed by atoms with Crippen molar-refractivity contribution in [1.29, 1.82) is 0 Å². The number of amides is 3. The summed E-state index contributed by atoms with van der Waals surface area (Å²) in [6.07, 6.45) is 3.82. The minimum absolute atomic E-state index is 0.262. The van der Waals surface area contributed by atoms with Crippen LogP contribution < -0.4 is 16.4 Å². The van der Waals surface area contributed by atoms with Crippen molar-refractivity contribution in [3.63, 3.8) is 0 Å². The van der Waals surface area contributed by atoms with Gasteiger partial charge in [0.25, 0.3) is 0 Å². The highest BCUT2D eigenvalue weighted by atomic mass is 16.2. The van der Waals surface area contributed by atoms with Crippen LogP contribution in [0.15, 0.2) is 0 Å². The van der Waals surface area contributed by atoms with Gasteiger partial charge in [-0.05, 0) is 44.2 Å². The van der Waals surface area contributed by atoms with E-state index in [9.17, 15) is 9.59 Å². The summed E-state index contributed by atoms with van der Waals surface area (Å²) in [4.78, 5) is 24.9. The Morgan fingerprint density at radius 2 is 2.16 bits per heavy atom. The van der Waals surface area contributed by atoms with Gasteiger partial charge in [0.05, 0.1) is 0 Å². The molecule has 6 nitrogen and oxygen atoms in total. The van der Waals surface area contributed by atoms with Crippen molar-refractivity contribution in [2.45, 2.75) is 25.7 Å². The topological polar surface area (TPSA) is 87.5 Å². The first kappa shape index (κ1) is 14.1. The Balaban J connectivity index is 1.75. The highest BCUT2D eigenvalue weighted by Crippen LogP contribution is 2.19. The first-order valence-electron chi connectivity index (χ1n) is 7.17. The van der Waals surface area contributed by atoms with Gasteiger partial charge in [0.1, 0.15) is 0 Å². The summed E-state index contributed by atoms with van der Waals surface area (Å²) in [6, 6.07) is -0.486. The van der Waals surface area contributed by atoms with Gasteiger partial charge in [0, 0.05) is 26.1 Å². The Kier molecular flexibility index (Phi) is 5.01.